The van der Waals surface area contributed by atoms with Gasteiger partial charge in [0.15, 0.2) is 5.13 Å². The molecule has 1 aliphatic heterocycles. The number of fused-ring (bicyclic) bond motifs is 2. The smallest absolute Gasteiger partial charge is 0.223 e. The lowest BCUT2D eigenvalue weighted by Crippen LogP contribution is -2.29. The number of hydrogen-bond acceptors (Lipinski definition) is 9. The number of nitrogens with zero attached hydrogens (tertiary/aromatic N) is 4. The number of nitrogens with two attached hydrogens (primary N) is 1. The Morgan fingerprint density at radius 2 is 1.95 bits per heavy atom. The van der Waals surface area contributed by atoms with E-state index >= 15 is 0 Å². The number of hydrogen-bond donors (Lipinski definition) is 4. The molecular weight excluding hydrogens is 563 g/mol. The third kappa shape index (κ3) is 5.33. The van der Waals surface area contributed by atoms with Crippen molar-refractivity contribution < 1.29 is 9.18 Å². The van der Waals surface area contributed by atoms with Gasteiger partial charge in [-0.3, -0.25) is 10.2 Å². The average molecular weight is 591 g/mol. The number of thiazole rings is 1. The Morgan fingerprint density at radius 1 is 1.14 bits per heavy atom. The molecule has 6 rings (SSSR count). The van der Waals surface area contributed by atoms with Crippen LogP contribution in [0.15, 0.2) is 79.3 Å². The van der Waals surface area contributed by atoms with Crippen molar-refractivity contribution in [2.75, 3.05) is 27.8 Å². The van der Waals surface area contributed by atoms with E-state index in [2.05, 4.69) is 32.2 Å². The molecule has 214 valence electrons. The first-order chi connectivity index (χ1) is 20.7. The van der Waals surface area contributed by atoms with Crippen LogP contribution in [0.1, 0.15) is 34.7 Å². The highest BCUT2D eigenvalue weighted by atomic mass is 32.1. The lowest BCUT2D eigenvalue weighted by atomic mass is 9.93. The first-order valence-electron chi connectivity index (χ1n) is 13.4. The molecule has 9 nitrogen and oxygen atoms in total. The van der Waals surface area contributed by atoms with Gasteiger partial charge in [0.2, 0.25) is 5.91 Å². The first-order valence-corrected chi connectivity index (χ1v) is 14.2. The monoisotopic (exact) mass is 590 g/mol. The van der Waals surface area contributed by atoms with E-state index in [0.29, 0.717) is 33.3 Å². The van der Waals surface area contributed by atoms with Gasteiger partial charge in [0.1, 0.15) is 23.8 Å². The highest BCUT2D eigenvalue weighted by molar-refractivity contribution is 7.22. The van der Waals surface area contributed by atoms with E-state index in [1.165, 1.54) is 36.7 Å². The van der Waals surface area contributed by atoms with Gasteiger partial charge in [-0.1, -0.05) is 48.2 Å². The lowest BCUT2D eigenvalue weighted by Gasteiger charge is -2.35. The number of nitrogen functional groups attached to an aromatic ring is 1. The van der Waals surface area contributed by atoms with Crippen molar-refractivity contribution in [3.63, 3.8) is 0 Å². The Morgan fingerprint density at radius 3 is 2.74 bits per heavy atom. The number of benzene rings is 3. The topological polar surface area (TPSA) is 133 Å². The van der Waals surface area contributed by atoms with Crippen molar-refractivity contribution in [3.05, 3.63) is 113 Å². The van der Waals surface area contributed by atoms with E-state index in [9.17, 15) is 9.18 Å². The Bertz CT molecular complexity index is 1980. The molecule has 3 heterocycles. The summed E-state index contributed by atoms with van der Waals surface area (Å²) < 4.78 is 15.1. The molecule has 0 bridgehead atoms. The first kappa shape index (κ1) is 27.7. The maximum absolute atomic E-state index is 14.3. The van der Waals surface area contributed by atoms with Gasteiger partial charge in [0, 0.05) is 35.1 Å². The molecule has 0 radical (unpaired) electrons. The second-order valence-corrected chi connectivity index (χ2v) is 11.1. The van der Waals surface area contributed by atoms with Crippen molar-refractivity contribution in [1.29, 1.82) is 5.41 Å². The summed E-state index contributed by atoms with van der Waals surface area (Å²) in [6.45, 7) is 8.10. The number of amides is 1. The average Bonchev–Trinajstić information content (AvgIpc) is 3.36. The third-order valence-corrected chi connectivity index (χ3v) is 8.00. The molecule has 5 aromatic rings. The maximum atomic E-state index is 14.3. The Hall–Kier alpha value is -5.42. The van der Waals surface area contributed by atoms with Crippen LogP contribution in [0.5, 0.6) is 0 Å². The molecule has 43 heavy (non-hydrogen) atoms. The molecule has 5 N–H and O–H groups in total. The summed E-state index contributed by atoms with van der Waals surface area (Å²) in [4.78, 5) is 26.4. The number of halogens is 1. The zero-order valence-corrected chi connectivity index (χ0v) is 24.2. The van der Waals surface area contributed by atoms with Crippen LogP contribution < -0.4 is 21.3 Å². The summed E-state index contributed by atoms with van der Waals surface area (Å²) in [5, 5.41) is 15.6. The molecule has 3 aromatic carbocycles. The van der Waals surface area contributed by atoms with E-state index in [1.54, 1.807) is 18.2 Å². The minimum Gasteiger partial charge on any atom is -0.383 e. The van der Waals surface area contributed by atoms with Crippen LogP contribution in [-0.4, -0.2) is 33.1 Å². The van der Waals surface area contributed by atoms with Crippen LogP contribution in [0.3, 0.4) is 0 Å². The van der Waals surface area contributed by atoms with E-state index in [0.717, 1.165) is 32.8 Å². The third-order valence-electron chi connectivity index (χ3n) is 7.06. The predicted octanol–water partition coefficient (Wildman–Crippen LogP) is 6.43. The summed E-state index contributed by atoms with van der Waals surface area (Å²) in [6, 6.07) is 17.8. The quantitative estimate of drug-likeness (QED) is 0.161. The molecule has 0 unspecified atom stereocenters. The van der Waals surface area contributed by atoms with Crippen molar-refractivity contribution >= 4 is 67.4 Å². The second kappa shape index (κ2) is 11.1. The summed E-state index contributed by atoms with van der Waals surface area (Å²) in [5.74, 6) is -0.0322. The fraction of sp³-hybridized carbons (Fsp3) is 0.0938. The van der Waals surface area contributed by atoms with E-state index in [4.69, 9.17) is 11.1 Å². The SMILES string of the molecule is C=C1c2c(C)cccc2C=C(CNc2ncnc(N)c2C(=N)c2ccc3nc(NC(C)=O)sc3c2)N1c1cccc(F)c1. The number of rotatable bonds is 7. The van der Waals surface area contributed by atoms with Crippen molar-refractivity contribution in [2.24, 2.45) is 0 Å². The number of carbonyl (C=O) groups is 1. The van der Waals surface area contributed by atoms with Gasteiger partial charge in [0.05, 0.1) is 28.0 Å². The van der Waals surface area contributed by atoms with Gasteiger partial charge >= 0.3 is 0 Å². The molecule has 0 atom stereocenters. The van der Waals surface area contributed by atoms with Gasteiger partial charge in [-0.15, -0.1) is 0 Å². The molecule has 0 fully saturated rings. The summed E-state index contributed by atoms with van der Waals surface area (Å²) in [5.41, 5.74) is 13.3. The minimum absolute atomic E-state index is 0.127. The van der Waals surface area contributed by atoms with Gasteiger partial charge in [-0.2, -0.15) is 0 Å². The fourth-order valence-corrected chi connectivity index (χ4v) is 6.13. The summed E-state index contributed by atoms with van der Waals surface area (Å²) >= 11 is 1.32. The molecule has 1 amide bonds. The number of aromatic nitrogens is 3. The van der Waals surface area contributed by atoms with Crippen LogP contribution in [0, 0.1) is 18.2 Å². The van der Waals surface area contributed by atoms with Crippen LogP contribution in [-0.2, 0) is 4.79 Å². The van der Waals surface area contributed by atoms with E-state index in [-0.39, 0.29) is 29.8 Å². The highest BCUT2D eigenvalue weighted by Gasteiger charge is 2.26. The lowest BCUT2D eigenvalue weighted by molar-refractivity contribution is -0.114. The zero-order chi connectivity index (χ0) is 30.2. The molecule has 11 heteroatoms. The number of aryl methyl sites for hydroxylation is 1. The largest absolute Gasteiger partial charge is 0.383 e. The van der Waals surface area contributed by atoms with Gasteiger partial charge < -0.3 is 21.3 Å². The zero-order valence-electron chi connectivity index (χ0n) is 23.4. The highest BCUT2D eigenvalue weighted by Crippen LogP contribution is 2.38. The van der Waals surface area contributed by atoms with Crippen LogP contribution >= 0.6 is 11.3 Å². The normalized spacial score (nSPS) is 12.6. The van der Waals surface area contributed by atoms with Gasteiger partial charge in [-0.05, 0) is 54.5 Å². The van der Waals surface area contributed by atoms with E-state index in [1.807, 2.05) is 48.2 Å². The van der Waals surface area contributed by atoms with Crippen LogP contribution in [0.25, 0.3) is 22.0 Å². The Balaban J connectivity index is 1.35. The van der Waals surface area contributed by atoms with Crippen LogP contribution in [0.2, 0.25) is 0 Å². The van der Waals surface area contributed by atoms with Crippen molar-refractivity contribution in [1.82, 2.24) is 15.0 Å². The minimum atomic E-state index is -0.352. The molecule has 0 aliphatic carbocycles. The Kier molecular flexibility index (Phi) is 7.16. The molecule has 0 saturated heterocycles. The number of carbonyl (C=O) groups excluding carboxylic acids is 1. The molecular formula is C32H27FN8OS. The van der Waals surface area contributed by atoms with Crippen molar-refractivity contribution in [2.45, 2.75) is 13.8 Å². The number of nitrogens with one attached hydrogen (secondary N) is 3. The van der Waals surface area contributed by atoms with Gasteiger partial charge in [0.25, 0.3) is 0 Å². The Labute approximate surface area is 251 Å². The van der Waals surface area contributed by atoms with Crippen molar-refractivity contribution in [3.8, 4) is 0 Å². The number of anilines is 4. The molecule has 1 aliphatic rings. The fourth-order valence-electron chi connectivity index (χ4n) is 5.18. The standard InChI is InChI=1S/C32H27FN8OS/c1-17-6-4-7-20-12-24(41(18(2)27(17)20)23-9-5-8-22(33)14-23)15-36-31-28(30(35)37-16-38-31)29(34)21-10-11-25-26(13-21)43-32(40-25)39-19(3)42/h4-14,16,34H,2,15H2,1,3H3,(H,39,40,42)(H3,35,36,37,38). The predicted molar refractivity (Wildman–Crippen MR) is 172 cm³/mol. The van der Waals surface area contributed by atoms with Gasteiger partial charge in [-0.25, -0.2) is 19.3 Å². The summed E-state index contributed by atoms with van der Waals surface area (Å²) in [6.07, 6.45) is 3.38. The second-order valence-electron chi connectivity index (χ2n) is 10.0. The molecule has 0 spiro atoms. The molecule has 0 saturated carbocycles. The molecule has 2 aromatic heterocycles. The summed E-state index contributed by atoms with van der Waals surface area (Å²) in [7, 11) is 0. The van der Waals surface area contributed by atoms with E-state index < -0.39 is 0 Å². The van der Waals surface area contributed by atoms with Crippen LogP contribution in [0.4, 0.5) is 26.8 Å². The maximum Gasteiger partial charge on any atom is 0.223 e.